The van der Waals surface area contributed by atoms with Gasteiger partial charge in [-0.1, -0.05) is 6.08 Å². The molecule has 0 aromatic carbocycles. The lowest BCUT2D eigenvalue weighted by atomic mass is 9.97. The molecule has 0 aliphatic rings. The maximum Gasteiger partial charge on any atom is 0.469 e. The highest BCUT2D eigenvalue weighted by molar-refractivity contribution is 7.46. The fraction of sp³-hybridized carbons (Fsp3) is 0.667. The Morgan fingerprint density at radius 3 is 2.25 bits per heavy atom. The van der Waals surface area contributed by atoms with Gasteiger partial charge in [0.1, 0.15) is 18.3 Å². The maximum absolute atomic E-state index is 11.4. The number of phosphoric ester groups is 1. The quantitative estimate of drug-likeness (QED) is 0.214. The van der Waals surface area contributed by atoms with E-state index < -0.39 is 44.6 Å². The highest BCUT2D eigenvalue weighted by atomic mass is 31.2. The molecule has 0 spiro atoms. The van der Waals surface area contributed by atoms with Crippen molar-refractivity contribution in [1.82, 2.24) is 0 Å². The second-order valence-corrected chi connectivity index (χ2v) is 5.20. The number of carbonyl (C=O) groups is 1. The SMILES string of the molecule is NC=CCC(=O)[C@H](N)[C@@H](O)[C@H](O)[C@H](O)COP(=O)(O)O. The molecule has 10 nitrogen and oxygen atoms in total. The van der Waals surface area contributed by atoms with E-state index in [9.17, 15) is 24.7 Å². The van der Waals surface area contributed by atoms with Crippen LogP contribution in [0.4, 0.5) is 0 Å². The van der Waals surface area contributed by atoms with Gasteiger partial charge in [-0.25, -0.2) is 4.57 Å². The summed E-state index contributed by atoms with van der Waals surface area (Å²) in [6.45, 7) is -0.938. The smallest absolute Gasteiger partial charge is 0.405 e. The molecule has 0 radical (unpaired) electrons. The molecule has 0 aromatic rings. The Morgan fingerprint density at radius 2 is 1.80 bits per heavy atom. The number of phosphoric acid groups is 1. The Kier molecular flexibility index (Phi) is 8.09. The molecular formula is C9H19N2O8P. The van der Waals surface area contributed by atoms with Gasteiger partial charge in [-0.3, -0.25) is 9.32 Å². The van der Waals surface area contributed by atoms with Crippen molar-refractivity contribution in [3.8, 4) is 0 Å². The minimum atomic E-state index is -4.82. The summed E-state index contributed by atoms with van der Waals surface area (Å²) in [7, 11) is -4.82. The normalized spacial score (nSPS) is 18.7. The van der Waals surface area contributed by atoms with E-state index in [1.807, 2.05) is 0 Å². The Morgan fingerprint density at radius 1 is 1.25 bits per heavy atom. The zero-order valence-electron chi connectivity index (χ0n) is 10.4. The molecule has 0 aliphatic heterocycles. The average Bonchev–Trinajstić information content (AvgIpc) is 2.38. The summed E-state index contributed by atoms with van der Waals surface area (Å²) in [6.07, 6.45) is -3.35. The van der Waals surface area contributed by atoms with E-state index >= 15 is 0 Å². The highest BCUT2D eigenvalue weighted by Gasteiger charge is 2.33. The molecule has 0 bridgehead atoms. The Hall–Kier alpha value is -0.840. The molecular weight excluding hydrogens is 295 g/mol. The first-order valence-electron chi connectivity index (χ1n) is 5.49. The van der Waals surface area contributed by atoms with Crippen LogP contribution in [0.3, 0.4) is 0 Å². The van der Waals surface area contributed by atoms with Crippen LogP contribution in [0.2, 0.25) is 0 Å². The molecule has 0 aliphatic carbocycles. The zero-order chi connectivity index (χ0) is 15.9. The van der Waals surface area contributed by atoms with Crippen molar-refractivity contribution in [3.63, 3.8) is 0 Å². The van der Waals surface area contributed by atoms with Gasteiger partial charge >= 0.3 is 7.82 Å². The molecule has 11 heteroatoms. The summed E-state index contributed by atoms with van der Waals surface area (Å²) >= 11 is 0. The van der Waals surface area contributed by atoms with Gasteiger partial charge < -0.3 is 36.6 Å². The summed E-state index contributed by atoms with van der Waals surface area (Å²) in [6, 6.07) is -1.49. The summed E-state index contributed by atoms with van der Waals surface area (Å²) in [5.74, 6) is -0.638. The number of carbonyl (C=O) groups excluding carboxylic acids is 1. The standard InChI is InChI=1S/C9H19N2O8P/c10-3-1-2-5(12)7(11)9(15)8(14)6(13)4-19-20(16,17)18/h1,3,6-9,13-15H,2,4,10-11H2,(H2,16,17,18)/t6-,7+,8-,9-/m1/s1. The summed E-state index contributed by atoms with van der Waals surface area (Å²) in [5.41, 5.74) is 10.4. The van der Waals surface area contributed by atoms with E-state index in [0.29, 0.717) is 0 Å². The topological polar surface area (TPSA) is 197 Å². The number of Topliss-reactive ketones (excluding diaryl/α,β-unsaturated/α-hetero) is 1. The first-order chi connectivity index (χ1) is 9.10. The second-order valence-electron chi connectivity index (χ2n) is 3.96. The van der Waals surface area contributed by atoms with E-state index in [2.05, 4.69) is 4.52 Å². The number of aliphatic hydroxyl groups is 3. The molecule has 4 atom stereocenters. The van der Waals surface area contributed by atoms with Gasteiger partial charge in [0.15, 0.2) is 5.78 Å². The van der Waals surface area contributed by atoms with Gasteiger partial charge in [0.05, 0.1) is 12.6 Å². The van der Waals surface area contributed by atoms with Crippen LogP contribution in [-0.2, 0) is 13.9 Å². The van der Waals surface area contributed by atoms with Crippen LogP contribution in [0.25, 0.3) is 0 Å². The average molecular weight is 314 g/mol. The molecule has 0 unspecified atom stereocenters. The fourth-order valence-electron chi connectivity index (χ4n) is 1.22. The third kappa shape index (κ3) is 7.08. The van der Waals surface area contributed by atoms with Crippen molar-refractivity contribution in [2.24, 2.45) is 11.5 Å². The minimum Gasteiger partial charge on any atom is -0.405 e. The number of hydrogen-bond donors (Lipinski definition) is 7. The predicted molar refractivity (Wildman–Crippen MR) is 66.9 cm³/mol. The van der Waals surface area contributed by atoms with Crippen molar-refractivity contribution in [3.05, 3.63) is 12.3 Å². The molecule has 0 rings (SSSR count). The Balaban J connectivity index is 4.47. The van der Waals surface area contributed by atoms with Crippen LogP contribution in [0.1, 0.15) is 6.42 Å². The number of aliphatic hydroxyl groups excluding tert-OH is 3. The van der Waals surface area contributed by atoms with E-state index in [4.69, 9.17) is 21.3 Å². The maximum atomic E-state index is 11.4. The Labute approximate surface area is 114 Å². The number of hydrogen-bond acceptors (Lipinski definition) is 8. The van der Waals surface area contributed by atoms with Crippen molar-refractivity contribution in [2.45, 2.75) is 30.8 Å². The van der Waals surface area contributed by atoms with E-state index in [-0.39, 0.29) is 6.42 Å². The first-order valence-corrected chi connectivity index (χ1v) is 7.02. The summed E-state index contributed by atoms with van der Waals surface area (Å²) < 4.78 is 14.4. The van der Waals surface area contributed by atoms with Crippen molar-refractivity contribution in [1.29, 1.82) is 0 Å². The monoisotopic (exact) mass is 314 g/mol. The van der Waals surface area contributed by atoms with Crippen LogP contribution < -0.4 is 11.5 Å². The van der Waals surface area contributed by atoms with Crippen LogP contribution in [0.15, 0.2) is 12.3 Å². The fourth-order valence-corrected chi connectivity index (χ4v) is 1.57. The van der Waals surface area contributed by atoms with Crippen LogP contribution in [0.5, 0.6) is 0 Å². The zero-order valence-corrected chi connectivity index (χ0v) is 11.3. The lowest BCUT2D eigenvalue weighted by Crippen LogP contribution is -2.52. The lowest BCUT2D eigenvalue weighted by molar-refractivity contribution is -0.128. The van der Waals surface area contributed by atoms with Gasteiger partial charge in [-0.15, -0.1) is 0 Å². The molecule has 118 valence electrons. The number of rotatable bonds is 9. The molecule has 20 heavy (non-hydrogen) atoms. The predicted octanol–water partition coefficient (Wildman–Crippen LogP) is -3.06. The number of ketones is 1. The van der Waals surface area contributed by atoms with Gasteiger partial charge in [0.25, 0.3) is 0 Å². The van der Waals surface area contributed by atoms with Gasteiger partial charge in [0.2, 0.25) is 0 Å². The number of allylic oxidation sites excluding steroid dienone is 1. The van der Waals surface area contributed by atoms with Crippen molar-refractivity contribution >= 4 is 13.6 Å². The lowest BCUT2D eigenvalue weighted by Gasteiger charge is -2.26. The van der Waals surface area contributed by atoms with Crippen LogP contribution >= 0.6 is 7.82 Å². The molecule has 0 saturated heterocycles. The van der Waals surface area contributed by atoms with E-state index in [1.54, 1.807) is 0 Å². The first kappa shape index (κ1) is 19.2. The molecule has 9 N–H and O–H groups in total. The van der Waals surface area contributed by atoms with Gasteiger partial charge in [-0.2, -0.15) is 0 Å². The highest BCUT2D eigenvalue weighted by Crippen LogP contribution is 2.35. The van der Waals surface area contributed by atoms with Crippen molar-refractivity contribution < 1.29 is 39.0 Å². The van der Waals surface area contributed by atoms with Crippen molar-refractivity contribution in [2.75, 3.05) is 6.61 Å². The molecule has 0 amide bonds. The number of nitrogens with two attached hydrogens (primary N) is 2. The molecule has 0 saturated carbocycles. The minimum absolute atomic E-state index is 0.170. The van der Waals surface area contributed by atoms with Gasteiger partial charge in [0, 0.05) is 6.42 Å². The largest absolute Gasteiger partial charge is 0.469 e. The third-order valence-corrected chi connectivity index (χ3v) is 2.84. The van der Waals surface area contributed by atoms with Gasteiger partial charge in [-0.05, 0) is 6.20 Å². The van der Waals surface area contributed by atoms with E-state index in [0.717, 1.165) is 6.20 Å². The van der Waals surface area contributed by atoms with Crippen LogP contribution in [-0.4, -0.2) is 61.9 Å². The third-order valence-electron chi connectivity index (χ3n) is 2.35. The summed E-state index contributed by atoms with van der Waals surface area (Å²) in [5, 5.41) is 28.5. The van der Waals surface area contributed by atoms with E-state index in [1.165, 1.54) is 6.08 Å². The molecule has 0 fully saturated rings. The summed E-state index contributed by atoms with van der Waals surface area (Å²) in [4.78, 5) is 28.3. The molecule has 0 aromatic heterocycles. The molecule has 0 heterocycles. The second kappa shape index (κ2) is 8.45. The van der Waals surface area contributed by atoms with Crippen LogP contribution in [0, 0.1) is 0 Å². The Bertz CT molecular complexity index is 384.